The van der Waals surface area contributed by atoms with Gasteiger partial charge in [-0.2, -0.15) is 0 Å². The number of carbonyl (C=O) groups is 3. The molecule has 1 aliphatic rings. The lowest BCUT2D eigenvalue weighted by molar-refractivity contribution is -0.148. The Morgan fingerprint density at radius 3 is 2.59 bits per heavy atom. The lowest BCUT2D eigenvalue weighted by Crippen LogP contribution is -2.31. The van der Waals surface area contributed by atoms with Crippen LogP contribution in [0.4, 0.5) is 5.69 Å². The Kier molecular flexibility index (Phi) is 6.54. The van der Waals surface area contributed by atoms with Gasteiger partial charge in [0, 0.05) is 22.2 Å². The van der Waals surface area contributed by atoms with E-state index in [-0.39, 0.29) is 30.8 Å². The zero-order valence-electron chi connectivity index (χ0n) is 16.2. The van der Waals surface area contributed by atoms with Crippen LogP contribution in [0.2, 0.25) is 5.02 Å². The van der Waals surface area contributed by atoms with Crippen LogP contribution in [0.15, 0.2) is 42.5 Å². The molecule has 0 radical (unpaired) electrons. The maximum atomic E-state index is 12.3. The SMILES string of the molecule is CC(C)C(=O)Nc1ccc(C(=O)COC(=O)[C@H]2COc3ccc(Cl)cc3C2)cc1. The highest BCUT2D eigenvalue weighted by molar-refractivity contribution is 6.30. The molecular formula is C22H22ClNO5. The van der Waals surface area contributed by atoms with Crippen molar-refractivity contribution in [3.63, 3.8) is 0 Å². The first kappa shape index (κ1) is 20.9. The number of benzene rings is 2. The summed E-state index contributed by atoms with van der Waals surface area (Å²) < 4.78 is 10.8. The number of hydrogen-bond donors (Lipinski definition) is 1. The molecule has 0 bridgehead atoms. The van der Waals surface area contributed by atoms with Crippen molar-refractivity contribution in [2.24, 2.45) is 11.8 Å². The minimum absolute atomic E-state index is 0.101. The minimum atomic E-state index is -0.484. The molecule has 152 valence electrons. The van der Waals surface area contributed by atoms with Crippen LogP contribution in [0.5, 0.6) is 5.75 Å². The zero-order chi connectivity index (χ0) is 21.0. The topological polar surface area (TPSA) is 81.7 Å². The fraction of sp³-hybridized carbons (Fsp3) is 0.318. The van der Waals surface area contributed by atoms with E-state index in [2.05, 4.69) is 5.32 Å². The standard InChI is InChI=1S/C22H22ClNO5/c1-13(2)21(26)24-18-6-3-14(4-7-18)19(25)12-29-22(27)16-9-15-10-17(23)5-8-20(15)28-11-16/h3-8,10,13,16H,9,11-12H2,1-2H3,(H,24,26)/t16-/m1/s1. The second-order valence-corrected chi connectivity index (χ2v) is 7.65. The highest BCUT2D eigenvalue weighted by atomic mass is 35.5. The van der Waals surface area contributed by atoms with Crippen molar-refractivity contribution in [1.82, 2.24) is 0 Å². The lowest BCUT2D eigenvalue weighted by atomic mass is 9.97. The lowest BCUT2D eigenvalue weighted by Gasteiger charge is -2.24. The number of esters is 1. The summed E-state index contributed by atoms with van der Waals surface area (Å²) in [6, 6.07) is 11.7. The molecular weight excluding hydrogens is 394 g/mol. The first-order valence-corrected chi connectivity index (χ1v) is 9.73. The fourth-order valence-corrected chi connectivity index (χ4v) is 3.07. The molecule has 0 aromatic heterocycles. The average molecular weight is 416 g/mol. The summed E-state index contributed by atoms with van der Waals surface area (Å²) in [6.45, 7) is 3.44. The summed E-state index contributed by atoms with van der Waals surface area (Å²) in [4.78, 5) is 36.3. The van der Waals surface area contributed by atoms with E-state index in [4.69, 9.17) is 21.1 Å². The van der Waals surface area contributed by atoms with Crippen molar-refractivity contribution in [2.75, 3.05) is 18.5 Å². The number of rotatable bonds is 6. The molecule has 6 nitrogen and oxygen atoms in total. The van der Waals surface area contributed by atoms with Gasteiger partial charge in [-0.05, 0) is 54.4 Å². The van der Waals surface area contributed by atoms with Crippen LogP contribution in [0.25, 0.3) is 0 Å². The van der Waals surface area contributed by atoms with Crippen LogP contribution in [0, 0.1) is 11.8 Å². The van der Waals surface area contributed by atoms with Crippen molar-refractivity contribution in [2.45, 2.75) is 20.3 Å². The third-order valence-electron chi connectivity index (χ3n) is 4.61. The van der Waals surface area contributed by atoms with Crippen molar-refractivity contribution in [1.29, 1.82) is 0 Å². The number of ether oxygens (including phenoxy) is 2. The van der Waals surface area contributed by atoms with Gasteiger partial charge in [0.05, 0.1) is 5.92 Å². The number of hydrogen-bond acceptors (Lipinski definition) is 5. The molecule has 29 heavy (non-hydrogen) atoms. The van der Waals surface area contributed by atoms with Crippen molar-refractivity contribution in [3.8, 4) is 5.75 Å². The minimum Gasteiger partial charge on any atom is -0.492 e. The predicted octanol–water partition coefficient (Wildman–Crippen LogP) is 3.91. The summed E-state index contributed by atoms with van der Waals surface area (Å²) in [7, 11) is 0. The Labute approximate surface area is 174 Å². The Morgan fingerprint density at radius 2 is 1.90 bits per heavy atom. The van der Waals surface area contributed by atoms with Gasteiger partial charge in [0.2, 0.25) is 5.91 Å². The van der Waals surface area contributed by atoms with Gasteiger partial charge in [-0.1, -0.05) is 25.4 Å². The van der Waals surface area contributed by atoms with Gasteiger partial charge in [-0.15, -0.1) is 0 Å². The molecule has 1 N–H and O–H groups in total. The molecule has 2 aromatic carbocycles. The number of amides is 1. The number of carbonyl (C=O) groups excluding carboxylic acids is 3. The molecule has 0 fully saturated rings. The summed E-state index contributed by atoms with van der Waals surface area (Å²) in [5, 5.41) is 3.33. The number of nitrogens with one attached hydrogen (secondary N) is 1. The van der Waals surface area contributed by atoms with Gasteiger partial charge < -0.3 is 14.8 Å². The van der Waals surface area contributed by atoms with Crippen LogP contribution in [0.3, 0.4) is 0 Å². The van der Waals surface area contributed by atoms with Crippen molar-refractivity contribution in [3.05, 3.63) is 58.6 Å². The summed E-state index contributed by atoms with van der Waals surface area (Å²) in [6.07, 6.45) is 0.452. The molecule has 3 rings (SSSR count). The molecule has 1 aliphatic heterocycles. The normalized spacial score (nSPS) is 15.2. The number of fused-ring (bicyclic) bond motifs is 1. The van der Waals surface area contributed by atoms with E-state index in [1.54, 1.807) is 56.3 Å². The van der Waals surface area contributed by atoms with Crippen LogP contribution in [0.1, 0.15) is 29.8 Å². The fourth-order valence-electron chi connectivity index (χ4n) is 2.88. The van der Waals surface area contributed by atoms with E-state index in [9.17, 15) is 14.4 Å². The summed E-state index contributed by atoms with van der Waals surface area (Å²) in [5.41, 5.74) is 1.85. The van der Waals surface area contributed by atoms with E-state index in [0.29, 0.717) is 28.4 Å². The largest absolute Gasteiger partial charge is 0.492 e. The van der Waals surface area contributed by atoms with E-state index in [1.807, 2.05) is 0 Å². The van der Waals surface area contributed by atoms with E-state index in [0.717, 1.165) is 5.56 Å². The van der Waals surface area contributed by atoms with Gasteiger partial charge in [0.15, 0.2) is 12.4 Å². The molecule has 0 aliphatic carbocycles. The van der Waals surface area contributed by atoms with Gasteiger partial charge in [-0.25, -0.2) is 0 Å². The molecule has 1 amide bonds. The second kappa shape index (κ2) is 9.09. The zero-order valence-corrected chi connectivity index (χ0v) is 17.0. The Hall–Kier alpha value is -2.86. The van der Waals surface area contributed by atoms with Crippen LogP contribution >= 0.6 is 11.6 Å². The smallest absolute Gasteiger partial charge is 0.313 e. The number of Topliss-reactive ketones (excluding diaryl/α,β-unsaturated/α-hetero) is 1. The predicted molar refractivity (Wildman–Crippen MR) is 109 cm³/mol. The molecule has 1 atom stereocenters. The monoisotopic (exact) mass is 415 g/mol. The van der Waals surface area contributed by atoms with Gasteiger partial charge in [-0.3, -0.25) is 14.4 Å². The number of anilines is 1. The van der Waals surface area contributed by atoms with E-state index < -0.39 is 11.9 Å². The van der Waals surface area contributed by atoms with E-state index >= 15 is 0 Å². The Bertz CT molecular complexity index is 923. The van der Waals surface area contributed by atoms with E-state index in [1.165, 1.54) is 0 Å². The molecule has 2 aromatic rings. The molecule has 0 saturated heterocycles. The van der Waals surface area contributed by atoms with Gasteiger partial charge in [0.1, 0.15) is 12.4 Å². The highest BCUT2D eigenvalue weighted by Gasteiger charge is 2.28. The van der Waals surface area contributed by atoms with Crippen LogP contribution in [-0.2, 0) is 20.7 Å². The van der Waals surface area contributed by atoms with Crippen molar-refractivity contribution < 1.29 is 23.9 Å². The quantitative estimate of drug-likeness (QED) is 0.571. The molecule has 1 heterocycles. The van der Waals surface area contributed by atoms with Gasteiger partial charge >= 0.3 is 5.97 Å². The second-order valence-electron chi connectivity index (χ2n) is 7.22. The molecule has 0 saturated carbocycles. The maximum Gasteiger partial charge on any atom is 0.313 e. The first-order chi connectivity index (χ1) is 13.8. The maximum absolute atomic E-state index is 12.3. The molecule has 0 unspecified atom stereocenters. The summed E-state index contributed by atoms with van der Waals surface area (Å²) >= 11 is 5.99. The third-order valence-corrected chi connectivity index (χ3v) is 4.84. The van der Waals surface area contributed by atoms with Crippen molar-refractivity contribution >= 4 is 34.9 Å². The Balaban J connectivity index is 1.52. The van der Waals surface area contributed by atoms with Crippen LogP contribution in [-0.4, -0.2) is 30.9 Å². The van der Waals surface area contributed by atoms with Crippen LogP contribution < -0.4 is 10.1 Å². The highest BCUT2D eigenvalue weighted by Crippen LogP contribution is 2.30. The summed E-state index contributed by atoms with van der Waals surface area (Å²) in [5.74, 6) is -0.815. The first-order valence-electron chi connectivity index (χ1n) is 9.35. The Morgan fingerprint density at radius 1 is 1.17 bits per heavy atom. The number of halogens is 1. The molecule has 7 heteroatoms. The van der Waals surface area contributed by atoms with Gasteiger partial charge in [0.25, 0.3) is 0 Å². The molecule has 0 spiro atoms. The average Bonchev–Trinajstić information content (AvgIpc) is 2.71. The third kappa shape index (κ3) is 5.35. The number of ketones is 1.